The molecule has 0 radical (unpaired) electrons. The Morgan fingerprint density at radius 1 is 1.28 bits per heavy atom. The van der Waals surface area contributed by atoms with Crippen LogP contribution in [0.3, 0.4) is 0 Å². The van der Waals surface area contributed by atoms with E-state index >= 15 is 0 Å². The second-order valence-corrected chi connectivity index (χ2v) is 4.13. The first-order chi connectivity index (χ1) is 8.61. The van der Waals surface area contributed by atoms with Gasteiger partial charge in [-0.2, -0.15) is 0 Å². The van der Waals surface area contributed by atoms with E-state index in [9.17, 15) is 9.59 Å². The highest BCUT2D eigenvalue weighted by molar-refractivity contribution is 5.78. The molecule has 0 saturated carbocycles. The highest BCUT2D eigenvalue weighted by Crippen LogP contribution is 2.09. The number of hydrogen-bond acceptors (Lipinski definition) is 2. The SMILES string of the molecule is C=CC=CCC.NC(=O)CCCCC(=O)N1CC1. The van der Waals surface area contributed by atoms with Crippen LogP contribution in [0.15, 0.2) is 24.8 Å². The van der Waals surface area contributed by atoms with E-state index in [1.165, 1.54) is 0 Å². The van der Waals surface area contributed by atoms with E-state index in [-0.39, 0.29) is 11.8 Å². The number of rotatable bonds is 7. The number of hydrogen-bond donors (Lipinski definition) is 1. The van der Waals surface area contributed by atoms with Crippen LogP contribution in [0.2, 0.25) is 0 Å². The molecule has 1 aliphatic rings. The van der Waals surface area contributed by atoms with Gasteiger partial charge in [-0.3, -0.25) is 9.59 Å². The molecule has 2 N–H and O–H groups in total. The van der Waals surface area contributed by atoms with Gasteiger partial charge in [-0.05, 0) is 19.3 Å². The fraction of sp³-hybridized carbons (Fsp3) is 0.571. The summed E-state index contributed by atoms with van der Waals surface area (Å²) in [6.45, 7) is 7.43. The Labute approximate surface area is 110 Å². The van der Waals surface area contributed by atoms with Crippen LogP contribution in [0, 0.1) is 0 Å². The minimum absolute atomic E-state index is 0.208. The molecule has 102 valence electrons. The van der Waals surface area contributed by atoms with Crippen molar-refractivity contribution in [2.24, 2.45) is 5.73 Å². The lowest BCUT2D eigenvalue weighted by Gasteiger charge is -1.99. The maximum absolute atomic E-state index is 11.1. The van der Waals surface area contributed by atoms with Crippen LogP contribution in [-0.2, 0) is 9.59 Å². The van der Waals surface area contributed by atoms with Crippen molar-refractivity contribution in [3.05, 3.63) is 24.8 Å². The van der Waals surface area contributed by atoms with Crippen molar-refractivity contribution in [3.8, 4) is 0 Å². The summed E-state index contributed by atoms with van der Waals surface area (Å²) in [6, 6.07) is 0. The van der Waals surface area contributed by atoms with Crippen molar-refractivity contribution in [1.82, 2.24) is 4.90 Å². The van der Waals surface area contributed by atoms with Crippen LogP contribution in [0.4, 0.5) is 0 Å². The normalized spacial score (nSPS) is 12.8. The predicted molar refractivity (Wildman–Crippen MR) is 73.9 cm³/mol. The van der Waals surface area contributed by atoms with Crippen LogP contribution >= 0.6 is 0 Å². The second-order valence-electron chi connectivity index (χ2n) is 4.13. The van der Waals surface area contributed by atoms with E-state index in [0.717, 1.165) is 32.4 Å². The highest BCUT2D eigenvalue weighted by Gasteiger charge is 2.22. The summed E-state index contributed by atoms with van der Waals surface area (Å²) in [5, 5.41) is 0. The molecule has 0 aromatic carbocycles. The molecule has 0 aliphatic carbocycles. The molecule has 0 spiro atoms. The third-order valence-electron chi connectivity index (χ3n) is 2.37. The van der Waals surface area contributed by atoms with E-state index in [2.05, 4.69) is 19.6 Å². The molecule has 1 aliphatic heterocycles. The Hall–Kier alpha value is -1.58. The summed E-state index contributed by atoms with van der Waals surface area (Å²) in [5.41, 5.74) is 4.95. The Balaban J connectivity index is 0.000000411. The van der Waals surface area contributed by atoms with Crippen LogP contribution in [0.5, 0.6) is 0 Å². The minimum Gasteiger partial charge on any atom is -0.370 e. The molecular weight excluding hydrogens is 228 g/mol. The predicted octanol–water partition coefficient (Wildman–Crippen LogP) is 2.01. The second kappa shape index (κ2) is 10.6. The number of unbranched alkanes of at least 4 members (excludes halogenated alkanes) is 1. The zero-order valence-electron chi connectivity index (χ0n) is 11.2. The summed E-state index contributed by atoms with van der Waals surface area (Å²) in [6.07, 6.45) is 9.36. The van der Waals surface area contributed by atoms with Gasteiger partial charge in [0.2, 0.25) is 11.8 Å². The quantitative estimate of drug-likeness (QED) is 0.428. The van der Waals surface area contributed by atoms with Gasteiger partial charge in [-0.15, -0.1) is 0 Å². The number of allylic oxidation sites excluding steroid dienone is 3. The van der Waals surface area contributed by atoms with Gasteiger partial charge in [-0.25, -0.2) is 0 Å². The van der Waals surface area contributed by atoms with E-state index in [0.29, 0.717) is 12.8 Å². The lowest BCUT2D eigenvalue weighted by molar-refractivity contribution is -0.126. The van der Waals surface area contributed by atoms with Gasteiger partial charge in [0.25, 0.3) is 0 Å². The number of amides is 2. The minimum atomic E-state index is -0.283. The van der Waals surface area contributed by atoms with E-state index < -0.39 is 0 Å². The molecule has 1 heterocycles. The number of carbonyl (C=O) groups excluding carboxylic acids is 2. The molecule has 1 rings (SSSR count). The number of carbonyl (C=O) groups is 2. The summed E-state index contributed by atoms with van der Waals surface area (Å²) in [4.78, 5) is 23.2. The van der Waals surface area contributed by atoms with Gasteiger partial charge in [-0.1, -0.05) is 31.7 Å². The molecule has 1 fully saturated rings. The zero-order chi connectivity index (χ0) is 13.8. The Bertz CT molecular complexity index is 294. The van der Waals surface area contributed by atoms with Crippen molar-refractivity contribution in [1.29, 1.82) is 0 Å². The van der Waals surface area contributed by atoms with E-state index in [1.54, 1.807) is 11.0 Å². The topological polar surface area (TPSA) is 63.2 Å². The molecule has 0 aromatic heterocycles. The molecule has 2 amide bonds. The van der Waals surface area contributed by atoms with Gasteiger partial charge in [0.1, 0.15) is 0 Å². The molecule has 18 heavy (non-hydrogen) atoms. The number of nitrogens with zero attached hydrogens (tertiary/aromatic N) is 1. The van der Waals surface area contributed by atoms with Gasteiger partial charge in [0.05, 0.1) is 0 Å². The molecule has 0 unspecified atom stereocenters. The average Bonchev–Trinajstić information content (AvgIpc) is 3.16. The van der Waals surface area contributed by atoms with Gasteiger partial charge in [0, 0.05) is 25.9 Å². The van der Waals surface area contributed by atoms with Crippen molar-refractivity contribution in [2.75, 3.05) is 13.1 Å². The zero-order valence-corrected chi connectivity index (χ0v) is 11.2. The first-order valence-electron chi connectivity index (χ1n) is 6.45. The first-order valence-corrected chi connectivity index (χ1v) is 6.45. The smallest absolute Gasteiger partial charge is 0.222 e. The van der Waals surface area contributed by atoms with Crippen molar-refractivity contribution >= 4 is 11.8 Å². The van der Waals surface area contributed by atoms with Crippen LogP contribution < -0.4 is 5.73 Å². The molecular formula is C14H24N2O2. The van der Waals surface area contributed by atoms with E-state index in [1.807, 2.05) is 6.08 Å². The van der Waals surface area contributed by atoms with Crippen LogP contribution in [0.25, 0.3) is 0 Å². The first kappa shape index (κ1) is 16.4. The third kappa shape index (κ3) is 10.9. The lowest BCUT2D eigenvalue weighted by atomic mass is 10.2. The summed E-state index contributed by atoms with van der Waals surface area (Å²) < 4.78 is 0. The Kier molecular flexibility index (Phi) is 9.64. The van der Waals surface area contributed by atoms with Crippen molar-refractivity contribution in [2.45, 2.75) is 39.0 Å². The molecule has 0 atom stereocenters. The standard InChI is InChI=1S/C8H14N2O2.C6H10/c9-7(11)3-1-2-4-8(12)10-5-6-10;1-3-5-6-4-2/h1-6H2,(H2,9,11);3,5-6H,1,4H2,2H3. The number of nitrogens with two attached hydrogens (primary N) is 1. The average molecular weight is 252 g/mol. The monoisotopic (exact) mass is 252 g/mol. The molecule has 4 heteroatoms. The third-order valence-corrected chi connectivity index (χ3v) is 2.37. The Morgan fingerprint density at radius 2 is 1.89 bits per heavy atom. The fourth-order valence-corrected chi connectivity index (χ4v) is 1.27. The largest absolute Gasteiger partial charge is 0.370 e. The number of primary amides is 1. The Morgan fingerprint density at radius 3 is 2.28 bits per heavy atom. The van der Waals surface area contributed by atoms with Crippen LogP contribution in [0.1, 0.15) is 39.0 Å². The van der Waals surface area contributed by atoms with E-state index in [4.69, 9.17) is 5.73 Å². The van der Waals surface area contributed by atoms with Gasteiger partial charge >= 0.3 is 0 Å². The molecule has 1 saturated heterocycles. The molecule has 4 nitrogen and oxygen atoms in total. The van der Waals surface area contributed by atoms with Gasteiger partial charge in [0.15, 0.2) is 0 Å². The van der Waals surface area contributed by atoms with Crippen molar-refractivity contribution < 1.29 is 9.59 Å². The maximum Gasteiger partial charge on any atom is 0.222 e. The maximum atomic E-state index is 11.1. The van der Waals surface area contributed by atoms with Crippen LogP contribution in [-0.4, -0.2) is 29.8 Å². The summed E-state index contributed by atoms with van der Waals surface area (Å²) >= 11 is 0. The van der Waals surface area contributed by atoms with Gasteiger partial charge < -0.3 is 10.6 Å². The highest BCUT2D eigenvalue weighted by atomic mass is 16.2. The lowest BCUT2D eigenvalue weighted by Crippen LogP contribution is -2.12. The summed E-state index contributed by atoms with van der Waals surface area (Å²) in [7, 11) is 0. The fourth-order valence-electron chi connectivity index (χ4n) is 1.27. The molecule has 0 aromatic rings. The molecule has 0 bridgehead atoms. The van der Waals surface area contributed by atoms with Crippen molar-refractivity contribution in [3.63, 3.8) is 0 Å². The summed E-state index contributed by atoms with van der Waals surface area (Å²) in [5.74, 6) is -0.0753.